The lowest BCUT2D eigenvalue weighted by Crippen LogP contribution is -2.48. The Morgan fingerprint density at radius 2 is 1.72 bits per heavy atom. The summed E-state index contributed by atoms with van der Waals surface area (Å²) in [5, 5.41) is 15.4. The minimum Gasteiger partial charge on any atom is -0.616 e. The van der Waals surface area contributed by atoms with Crippen LogP contribution in [-0.4, -0.2) is 57.7 Å². The van der Waals surface area contributed by atoms with Gasteiger partial charge >= 0.3 is 0 Å². The molecule has 1 aliphatic carbocycles. The van der Waals surface area contributed by atoms with Crippen LogP contribution in [0, 0.1) is 12.8 Å². The van der Waals surface area contributed by atoms with Crippen molar-refractivity contribution in [2.24, 2.45) is 5.92 Å². The number of aliphatic hydroxyl groups is 1. The Hall–Kier alpha value is -2.37. The zero-order chi connectivity index (χ0) is 31.0. The van der Waals surface area contributed by atoms with E-state index in [1.54, 1.807) is 6.07 Å². The van der Waals surface area contributed by atoms with Crippen LogP contribution in [0.3, 0.4) is 0 Å². The fraction of sp³-hybridized carbons (Fsp3) is 0.545. The van der Waals surface area contributed by atoms with Gasteiger partial charge in [-0.15, -0.1) is 0 Å². The standard InChI is InChI=1S/C33H45N3O5S2/c1-23-28(31(37)34-22-33(38)16-18-42(39)19-17-33)20-29(36(23)21-24-10-6-5-7-11-24)26-14-15-30(27-13-9-8-12-25(26)27)43(40,41)35-32(2,3)4/h8-9,12-15,20,24,35,38H,5-7,10-11,16-19,21-22H2,1-4H3,(H,34,37). The van der Waals surface area contributed by atoms with Crippen LogP contribution >= 0.6 is 0 Å². The molecular formula is C33H45N3O5S2. The maximum Gasteiger partial charge on any atom is 0.253 e. The van der Waals surface area contributed by atoms with Gasteiger partial charge in [-0.1, -0.05) is 60.8 Å². The smallest absolute Gasteiger partial charge is 0.253 e. The normalized spacial score (nSPS) is 22.1. The number of amides is 1. The fourth-order valence-corrected chi connectivity index (χ4v) is 9.55. The number of hydrogen-bond acceptors (Lipinski definition) is 5. The van der Waals surface area contributed by atoms with E-state index in [2.05, 4.69) is 14.6 Å². The van der Waals surface area contributed by atoms with Crippen molar-refractivity contribution in [3.8, 4) is 11.3 Å². The van der Waals surface area contributed by atoms with Crippen LogP contribution in [-0.2, 0) is 27.7 Å². The highest BCUT2D eigenvalue weighted by Crippen LogP contribution is 2.37. The summed E-state index contributed by atoms with van der Waals surface area (Å²) in [6, 6.07) is 13.0. The molecule has 1 amide bonds. The fourth-order valence-electron chi connectivity index (χ4n) is 6.50. The monoisotopic (exact) mass is 627 g/mol. The molecule has 1 saturated carbocycles. The van der Waals surface area contributed by atoms with E-state index in [4.69, 9.17) is 0 Å². The molecule has 5 rings (SSSR count). The van der Waals surface area contributed by atoms with E-state index in [1.165, 1.54) is 19.3 Å². The second-order valence-electron chi connectivity index (χ2n) is 13.4. The summed E-state index contributed by atoms with van der Waals surface area (Å²) in [6.07, 6.45) is 6.74. The molecule has 2 aromatic carbocycles. The minimum absolute atomic E-state index is 0.113. The number of carbonyl (C=O) groups is 1. The molecule has 43 heavy (non-hydrogen) atoms. The Bertz CT molecular complexity index is 1580. The summed E-state index contributed by atoms with van der Waals surface area (Å²) in [4.78, 5) is 13.8. The van der Waals surface area contributed by atoms with Crippen LogP contribution in [0.15, 0.2) is 47.4 Å². The first-order valence-corrected chi connectivity index (χ1v) is 18.4. The molecule has 3 N–H and O–H groups in total. The second-order valence-corrected chi connectivity index (χ2v) is 16.8. The zero-order valence-electron chi connectivity index (χ0n) is 25.7. The Kier molecular flexibility index (Phi) is 9.35. The predicted molar refractivity (Wildman–Crippen MR) is 173 cm³/mol. The summed E-state index contributed by atoms with van der Waals surface area (Å²) >= 11 is -0.908. The molecule has 1 aromatic heterocycles. The summed E-state index contributed by atoms with van der Waals surface area (Å²) in [5.74, 6) is 1.13. The molecule has 0 bridgehead atoms. The molecule has 1 aliphatic heterocycles. The SMILES string of the molecule is Cc1c(C(=O)NCC2(O)CC[S+]([O-])CC2)cc(-c2ccc(S(=O)(=O)NC(C)(C)C)c3ccccc23)n1CC1CCCCC1. The number of aromatic nitrogens is 1. The van der Waals surface area contributed by atoms with Gasteiger partial charge in [0, 0.05) is 53.8 Å². The third kappa shape index (κ3) is 7.31. The van der Waals surface area contributed by atoms with Crippen LogP contribution < -0.4 is 10.0 Å². The van der Waals surface area contributed by atoms with Gasteiger partial charge in [-0.2, -0.15) is 0 Å². The third-order valence-corrected chi connectivity index (χ3v) is 12.0. The molecule has 0 unspecified atom stereocenters. The zero-order valence-corrected chi connectivity index (χ0v) is 27.4. The number of sulfonamides is 1. The van der Waals surface area contributed by atoms with Crippen molar-refractivity contribution in [1.82, 2.24) is 14.6 Å². The number of nitrogens with one attached hydrogen (secondary N) is 2. The van der Waals surface area contributed by atoms with Crippen molar-refractivity contribution in [2.75, 3.05) is 18.1 Å². The van der Waals surface area contributed by atoms with Crippen LogP contribution in [0.25, 0.3) is 22.0 Å². The Morgan fingerprint density at radius 1 is 1.07 bits per heavy atom. The van der Waals surface area contributed by atoms with Crippen LogP contribution in [0.5, 0.6) is 0 Å². The van der Waals surface area contributed by atoms with Gasteiger partial charge < -0.3 is 19.5 Å². The van der Waals surface area contributed by atoms with E-state index in [-0.39, 0.29) is 17.3 Å². The Labute approximate surface area is 258 Å². The van der Waals surface area contributed by atoms with Gasteiger partial charge in [0.05, 0.1) is 16.1 Å². The number of fused-ring (bicyclic) bond motifs is 1. The number of nitrogens with zero attached hydrogens (tertiary/aromatic N) is 1. The molecule has 2 aliphatic rings. The van der Waals surface area contributed by atoms with Gasteiger partial charge in [0.2, 0.25) is 10.0 Å². The van der Waals surface area contributed by atoms with E-state index in [9.17, 15) is 22.9 Å². The molecule has 8 nitrogen and oxygen atoms in total. The van der Waals surface area contributed by atoms with Gasteiger partial charge in [0.15, 0.2) is 0 Å². The van der Waals surface area contributed by atoms with E-state index < -0.39 is 32.3 Å². The van der Waals surface area contributed by atoms with Crippen molar-refractivity contribution >= 4 is 37.9 Å². The molecule has 1 saturated heterocycles. The maximum atomic E-state index is 13.6. The van der Waals surface area contributed by atoms with Crippen LogP contribution in [0.1, 0.15) is 81.8 Å². The van der Waals surface area contributed by atoms with Crippen molar-refractivity contribution < 1.29 is 22.9 Å². The summed E-state index contributed by atoms with van der Waals surface area (Å²) in [6.45, 7) is 8.33. The van der Waals surface area contributed by atoms with Gasteiger partial charge in [-0.05, 0) is 64.0 Å². The second kappa shape index (κ2) is 12.6. The first kappa shape index (κ1) is 32.0. The van der Waals surface area contributed by atoms with E-state index in [1.807, 2.05) is 64.1 Å². The highest BCUT2D eigenvalue weighted by molar-refractivity contribution is 7.91. The lowest BCUT2D eigenvalue weighted by atomic mass is 9.89. The average molecular weight is 628 g/mol. The predicted octanol–water partition coefficient (Wildman–Crippen LogP) is 5.28. The lowest BCUT2D eigenvalue weighted by Gasteiger charge is -2.32. The number of hydrogen-bond donors (Lipinski definition) is 3. The number of rotatable bonds is 8. The first-order chi connectivity index (χ1) is 20.3. The highest BCUT2D eigenvalue weighted by Gasteiger charge is 2.35. The quantitative estimate of drug-likeness (QED) is 0.294. The Balaban J connectivity index is 1.55. The largest absolute Gasteiger partial charge is 0.616 e. The first-order valence-electron chi connectivity index (χ1n) is 15.4. The van der Waals surface area contributed by atoms with Crippen LogP contribution in [0.2, 0.25) is 0 Å². The molecule has 234 valence electrons. The van der Waals surface area contributed by atoms with Gasteiger partial charge in [-0.3, -0.25) is 4.79 Å². The topological polar surface area (TPSA) is 123 Å². The molecular weight excluding hydrogens is 583 g/mol. The average Bonchev–Trinajstić information content (AvgIpc) is 3.27. The molecule has 0 spiro atoms. The van der Waals surface area contributed by atoms with Crippen LogP contribution in [0.4, 0.5) is 0 Å². The number of carbonyl (C=O) groups excluding carboxylic acids is 1. The van der Waals surface area contributed by atoms with Gasteiger partial charge in [0.25, 0.3) is 5.91 Å². The molecule has 0 radical (unpaired) electrons. The maximum absolute atomic E-state index is 13.6. The summed E-state index contributed by atoms with van der Waals surface area (Å²) < 4.78 is 43.7. The molecule has 0 atom stereocenters. The van der Waals surface area contributed by atoms with Crippen molar-refractivity contribution in [2.45, 2.75) is 95.2 Å². The summed E-state index contributed by atoms with van der Waals surface area (Å²) in [7, 11) is -3.78. The van der Waals surface area contributed by atoms with Gasteiger partial charge in [0.1, 0.15) is 11.5 Å². The summed E-state index contributed by atoms with van der Waals surface area (Å²) in [5.41, 5.74) is 1.47. The number of benzene rings is 2. The van der Waals surface area contributed by atoms with Crippen molar-refractivity contribution in [3.05, 3.63) is 53.7 Å². The van der Waals surface area contributed by atoms with E-state index in [0.29, 0.717) is 41.2 Å². The Morgan fingerprint density at radius 3 is 2.37 bits per heavy atom. The lowest BCUT2D eigenvalue weighted by molar-refractivity contribution is 0.0296. The van der Waals surface area contributed by atoms with E-state index >= 15 is 0 Å². The molecule has 2 heterocycles. The molecule has 10 heteroatoms. The van der Waals surface area contributed by atoms with Crippen molar-refractivity contribution in [1.29, 1.82) is 0 Å². The van der Waals surface area contributed by atoms with Crippen molar-refractivity contribution in [3.63, 3.8) is 0 Å². The minimum atomic E-state index is -3.78. The molecule has 2 fully saturated rings. The van der Waals surface area contributed by atoms with Gasteiger partial charge in [-0.25, -0.2) is 13.1 Å². The highest BCUT2D eigenvalue weighted by atomic mass is 32.2. The third-order valence-electron chi connectivity index (χ3n) is 8.83. The van der Waals surface area contributed by atoms with E-state index in [0.717, 1.165) is 41.7 Å². The molecule has 3 aromatic rings.